The summed E-state index contributed by atoms with van der Waals surface area (Å²) in [5, 5.41) is 14.9. The third kappa shape index (κ3) is 4.04. The lowest BCUT2D eigenvalue weighted by Gasteiger charge is -2.33. The summed E-state index contributed by atoms with van der Waals surface area (Å²) in [6, 6.07) is 4.59. The zero-order valence-corrected chi connectivity index (χ0v) is 14.1. The van der Waals surface area contributed by atoms with Crippen LogP contribution in [0.25, 0.3) is 0 Å². The first-order chi connectivity index (χ1) is 10.3. The van der Waals surface area contributed by atoms with Gasteiger partial charge in [-0.3, -0.25) is 4.79 Å². The summed E-state index contributed by atoms with van der Waals surface area (Å²) in [7, 11) is 0. The van der Waals surface area contributed by atoms with Crippen LogP contribution >= 0.6 is 15.9 Å². The van der Waals surface area contributed by atoms with Gasteiger partial charge >= 0.3 is 0 Å². The third-order valence-corrected chi connectivity index (χ3v) is 4.14. The van der Waals surface area contributed by atoms with Crippen LogP contribution in [0.4, 0.5) is 4.39 Å². The molecule has 3 N–H and O–H groups in total. The normalized spacial score (nSPS) is 22.4. The Morgan fingerprint density at radius 3 is 2.86 bits per heavy atom. The van der Waals surface area contributed by atoms with Gasteiger partial charge in [0.1, 0.15) is 11.9 Å². The maximum Gasteiger partial charge on any atom is 0.251 e. The molecule has 1 aromatic carbocycles. The molecule has 2 atom stereocenters. The van der Waals surface area contributed by atoms with E-state index in [0.717, 1.165) is 0 Å². The molecule has 7 heteroatoms. The summed E-state index contributed by atoms with van der Waals surface area (Å²) in [5.41, 5.74) is -0.458. The Kier molecular flexibility index (Phi) is 5.55. The zero-order valence-electron chi connectivity index (χ0n) is 12.5. The van der Waals surface area contributed by atoms with E-state index in [1.165, 1.54) is 6.07 Å². The first-order valence-corrected chi connectivity index (χ1v) is 7.86. The molecule has 1 aliphatic rings. The van der Waals surface area contributed by atoms with Crippen molar-refractivity contribution in [3.05, 3.63) is 34.1 Å². The van der Waals surface area contributed by atoms with E-state index < -0.39 is 11.6 Å². The van der Waals surface area contributed by atoms with E-state index in [1.54, 1.807) is 26.0 Å². The van der Waals surface area contributed by atoms with Crippen molar-refractivity contribution in [2.75, 3.05) is 19.8 Å². The lowest BCUT2D eigenvalue weighted by molar-refractivity contribution is -0.137. The van der Waals surface area contributed by atoms with Crippen LogP contribution in [0.1, 0.15) is 19.4 Å². The van der Waals surface area contributed by atoms with Crippen molar-refractivity contribution in [1.29, 1.82) is 0 Å². The number of aliphatic hydroxyl groups excluding tert-OH is 1. The Hall–Kier alpha value is -1.02. The summed E-state index contributed by atoms with van der Waals surface area (Å²) in [4.78, 5) is 12.3. The van der Waals surface area contributed by atoms with Crippen LogP contribution in [0.3, 0.4) is 0 Å². The number of hydrogen-bond donors (Lipinski definition) is 3. The predicted molar refractivity (Wildman–Crippen MR) is 83.9 cm³/mol. The van der Waals surface area contributed by atoms with Gasteiger partial charge in [-0.15, -0.1) is 0 Å². The van der Waals surface area contributed by atoms with Crippen molar-refractivity contribution in [1.82, 2.24) is 10.6 Å². The number of hydrogen-bond acceptors (Lipinski definition) is 4. The van der Waals surface area contributed by atoms with Crippen molar-refractivity contribution in [3.8, 4) is 0 Å². The fourth-order valence-electron chi connectivity index (χ4n) is 2.36. The number of benzene rings is 1. The van der Waals surface area contributed by atoms with Gasteiger partial charge in [0, 0.05) is 16.6 Å². The number of ether oxygens (including phenoxy) is 1. The van der Waals surface area contributed by atoms with Gasteiger partial charge in [0.2, 0.25) is 0 Å². The first kappa shape index (κ1) is 17.3. The highest BCUT2D eigenvalue weighted by atomic mass is 79.9. The molecule has 0 bridgehead atoms. The molecular formula is C15H20BrFN2O3. The van der Waals surface area contributed by atoms with Gasteiger partial charge in [0.25, 0.3) is 5.91 Å². The fraction of sp³-hybridized carbons (Fsp3) is 0.533. The Balaban J connectivity index is 2.03. The molecule has 1 fully saturated rings. The smallest absolute Gasteiger partial charge is 0.251 e. The number of rotatable bonds is 4. The highest BCUT2D eigenvalue weighted by Gasteiger charge is 2.32. The highest BCUT2D eigenvalue weighted by Crippen LogP contribution is 2.26. The van der Waals surface area contributed by atoms with Gasteiger partial charge < -0.3 is 20.5 Å². The molecule has 22 heavy (non-hydrogen) atoms. The van der Waals surface area contributed by atoms with Gasteiger partial charge in [0.15, 0.2) is 0 Å². The average molecular weight is 375 g/mol. The van der Waals surface area contributed by atoms with E-state index in [2.05, 4.69) is 26.6 Å². The van der Waals surface area contributed by atoms with Gasteiger partial charge in [-0.1, -0.05) is 22.0 Å². The van der Waals surface area contributed by atoms with E-state index in [-0.39, 0.29) is 31.0 Å². The summed E-state index contributed by atoms with van der Waals surface area (Å²) in [5.74, 6) is -0.695. The standard InChI is InChI=1S/C15H20BrFN2O3/c1-15(2,11-4-3-9(16)5-12(11)17)19-14(21)13-6-18-10(7-20)8-22-13/h3-5,10,13,18,20H,6-8H2,1-2H3,(H,19,21)/t10-,13+/m1/s1. The van der Waals surface area contributed by atoms with Gasteiger partial charge in [-0.05, 0) is 26.0 Å². The van der Waals surface area contributed by atoms with Gasteiger partial charge in [-0.2, -0.15) is 0 Å². The minimum atomic E-state index is -0.862. The molecule has 1 aromatic rings. The van der Waals surface area contributed by atoms with E-state index in [1.807, 2.05) is 0 Å². The molecule has 0 aromatic heterocycles. The van der Waals surface area contributed by atoms with Crippen LogP contribution in [0.15, 0.2) is 22.7 Å². The molecule has 5 nitrogen and oxygen atoms in total. The van der Waals surface area contributed by atoms with E-state index in [9.17, 15) is 9.18 Å². The second-order valence-electron chi connectivity index (χ2n) is 5.85. The summed E-state index contributed by atoms with van der Waals surface area (Å²) in [6.45, 7) is 4.02. The number of amides is 1. The maximum atomic E-state index is 14.1. The summed E-state index contributed by atoms with van der Waals surface area (Å²) < 4.78 is 20.2. The van der Waals surface area contributed by atoms with E-state index in [0.29, 0.717) is 16.6 Å². The van der Waals surface area contributed by atoms with Crippen LogP contribution in [0.2, 0.25) is 0 Å². The van der Waals surface area contributed by atoms with Crippen LogP contribution in [-0.4, -0.2) is 42.9 Å². The number of nitrogens with one attached hydrogen (secondary N) is 2. The molecule has 1 amide bonds. The summed E-state index contributed by atoms with van der Waals surface area (Å²) >= 11 is 3.21. The quantitative estimate of drug-likeness (QED) is 0.742. The first-order valence-electron chi connectivity index (χ1n) is 7.07. The molecule has 0 aliphatic carbocycles. The molecular weight excluding hydrogens is 355 g/mol. The van der Waals surface area contributed by atoms with Crippen molar-refractivity contribution in [3.63, 3.8) is 0 Å². The summed E-state index contributed by atoms with van der Waals surface area (Å²) in [6.07, 6.45) is -0.652. The lowest BCUT2D eigenvalue weighted by atomic mass is 9.93. The number of morpholine rings is 1. The molecule has 1 heterocycles. The van der Waals surface area contributed by atoms with Crippen LogP contribution < -0.4 is 10.6 Å². The molecule has 0 unspecified atom stereocenters. The van der Waals surface area contributed by atoms with Crippen molar-refractivity contribution >= 4 is 21.8 Å². The topological polar surface area (TPSA) is 70.6 Å². The van der Waals surface area contributed by atoms with Crippen molar-refractivity contribution < 1.29 is 19.0 Å². The van der Waals surface area contributed by atoms with E-state index >= 15 is 0 Å². The predicted octanol–water partition coefficient (Wildman–Crippen LogP) is 1.29. The fourth-order valence-corrected chi connectivity index (χ4v) is 2.69. The van der Waals surface area contributed by atoms with Crippen LogP contribution in [0, 0.1) is 5.82 Å². The van der Waals surface area contributed by atoms with Crippen LogP contribution in [-0.2, 0) is 15.1 Å². The minimum absolute atomic E-state index is 0.0378. The molecule has 0 radical (unpaired) electrons. The number of carbonyl (C=O) groups excluding carboxylic acids is 1. The Bertz CT molecular complexity index is 546. The Morgan fingerprint density at radius 2 is 2.32 bits per heavy atom. The SMILES string of the molecule is CC(C)(NC(=O)[C@@H]1CN[C@H](CO)CO1)c1ccc(Br)cc1F. The third-order valence-electron chi connectivity index (χ3n) is 3.64. The Labute approximate surface area is 137 Å². The highest BCUT2D eigenvalue weighted by molar-refractivity contribution is 9.10. The van der Waals surface area contributed by atoms with E-state index in [4.69, 9.17) is 9.84 Å². The number of aliphatic hydroxyl groups is 1. The molecule has 0 saturated carbocycles. The molecule has 1 saturated heterocycles. The van der Waals surface area contributed by atoms with Crippen molar-refractivity contribution in [2.45, 2.75) is 31.5 Å². The lowest BCUT2D eigenvalue weighted by Crippen LogP contribution is -2.56. The molecule has 122 valence electrons. The number of carbonyl (C=O) groups is 1. The largest absolute Gasteiger partial charge is 0.395 e. The molecule has 2 rings (SSSR count). The zero-order chi connectivity index (χ0) is 16.3. The second kappa shape index (κ2) is 7.04. The average Bonchev–Trinajstić information content (AvgIpc) is 2.46. The molecule has 1 aliphatic heterocycles. The molecule has 0 spiro atoms. The number of halogens is 2. The van der Waals surface area contributed by atoms with Crippen LogP contribution in [0.5, 0.6) is 0 Å². The monoisotopic (exact) mass is 374 g/mol. The van der Waals surface area contributed by atoms with Gasteiger partial charge in [-0.25, -0.2) is 4.39 Å². The minimum Gasteiger partial charge on any atom is -0.395 e. The Morgan fingerprint density at radius 1 is 1.59 bits per heavy atom. The van der Waals surface area contributed by atoms with Crippen molar-refractivity contribution in [2.24, 2.45) is 0 Å². The van der Waals surface area contributed by atoms with Gasteiger partial charge in [0.05, 0.1) is 24.8 Å². The maximum absolute atomic E-state index is 14.1. The second-order valence-corrected chi connectivity index (χ2v) is 6.76.